The Hall–Kier alpha value is -0.660. The molecule has 3 nitrogen and oxygen atoms in total. The lowest BCUT2D eigenvalue weighted by Gasteiger charge is -2.13. The molecule has 0 aliphatic rings. The number of hydrogen-bond donors (Lipinski definition) is 1. The molecule has 16 heavy (non-hydrogen) atoms. The van der Waals surface area contributed by atoms with E-state index in [0.29, 0.717) is 29.4 Å². The van der Waals surface area contributed by atoms with Crippen molar-refractivity contribution in [2.24, 2.45) is 0 Å². The third-order valence-corrected chi connectivity index (χ3v) is 3.10. The summed E-state index contributed by atoms with van der Waals surface area (Å²) in [5.74, 6) is 0. The molecule has 0 bridgehead atoms. The molecule has 1 unspecified atom stereocenters. The highest BCUT2D eigenvalue weighted by molar-refractivity contribution is 7.11. The van der Waals surface area contributed by atoms with Gasteiger partial charge in [0.15, 0.2) is 5.01 Å². The maximum atomic E-state index is 12.3. The molecule has 1 aromatic heterocycles. The lowest BCUT2D eigenvalue weighted by Crippen LogP contribution is -2.20. The predicted octanol–water partition coefficient (Wildman–Crippen LogP) is 2.46. The zero-order valence-corrected chi connectivity index (χ0v) is 9.78. The molecular weight excluding hydrogens is 241 g/mol. The lowest BCUT2D eigenvalue weighted by atomic mass is 10.3. The van der Waals surface area contributed by atoms with E-state index in [2.05, 4.69) is 10.3 Å². The fourth-order valence-corrected chi connectivity index (χ4v) is 2.00. The maximum absolute atomic E-state index is 12.3. The Balaban J connectivity index is 2.75. The maximum Gasteiger partial charge on any atom is 0.443 e. The summed E-state index contributed by atoms with van der Waals surface area (Å²) in [6, 6.07) is -0.242. The Kier molecular flexibility index (Phi) is 4.69. The van der Waals surface area contributed by atoms with E-state index in [-0.39, 0.29) is 6.04 Å². The predicted molar refractivity (Wildman–Crippen MR) is 55.4 cm³/mol. The second kappa shape index (κ2) is 5.60. The standard InChI is InChI=1S/C9H13F3N2OS/c1-3-15-5-6(13-2)7-4-14-8(16-7)9(10,11)12/h4,6,13H,3,5H2,1-2H3. The van der Waals surface area contributed by atoms with Crippen molar-refractivity contribution in [1.82, 2.24) is 10.3 Å². The minimum Gasteiger partial charge on any atom is -0.380 e. The summed E-state index contributed by atoms with van der Waals surface area (Å²) in [6.45, 7) is 2.70. The number of alkyl halides is 3. The first-order valence-electron chi connectivity index (χ1n) is 4.77. The minimum absolute atomic E-state index is 0.242. The van der Waals surface area contributed by atoms with Gasteiger partial charge in [0.05, 0.1) is 12.6 Å². The number of ether oxygens (including phenoxy) is 1. The quantitative estimate of drug-likeness (QED) is 0.876. The van der Waals surface area contributed by atoms with Gasteiger partial charge in [-0.25, -0.2) is 4.98 Å². The normalized spacial score (nSPS) is 14.1. The first-order chi connectivity index (χ1) is 7.49. The molecule has 7 heteroatoms. The van der Waals surface area contributed by atoms with E-state index in [4.69, 9.17) is 4.74 Å². The number of nitrogens with one attached hydrogen (secondary N) is 1. The number of aromatic nitrogens is 1. The van der Waals surface area contributed by atoms with Crippen LogP contribution in [0.4, 0.5) is 13.2 Å². The Morgan fingerprint density at radius 2 is 2.25 bits per heavy atom. The highest BCUT2D eigenvalue weighted by Crippen LogP contribution is 2.34. The van der Waals surface area contributed by atoms with Crippen LogP contribution in [-0.2, 0) is 10.9 Å². The van der Waals surface area contributed by atoms with E-state index in [1.165, 1.54) is 6.20 Å². The van der Waals surface area contributed by atoms with Gasteiger partial charge in [-0.05, 0) is 14.0 Å². The summed E-state index contributed by atoms with van der Waals surface area (Å²) in [6.07, 6.45) is -3.12. The molecule has 1 atom stereocenters. The van der Waals surface area contributed by atoms with Crippen LogP contribution in [-0.4, -0.2) is 25.2 Å². The van der Waals surface area contributed by atoms with Crippen LogP contribution in [0.5, 0.6) is 0 Å². The van der Waals surface area contributed by atoms with Crippen molar-refractivity contribution in [2.45, 2.75) is 19.1 Å². The molecule has 0 spiro atoms. The Morgan fingerprint density at radius 3 is 2.69 bits per heavy atom. The molecule has 0 amide bonds. The third kappa shape index (κ3) is 3.43. The summed E-state index contributed by atoms with van der Waals surface area (Å²) >= 11 is 0.644. The van der Waals surface area contributed by atoms with Crippen LogP contribution in [0.3, 0.4) is 0 Å². The van der Waals surface area contributed by atoms with Crippen LogP contribution in [0.25, 0.3) is 0 Å². The number of halogens is 3. The Bertz CT molecular complexity index is 327. The molecular formula is C9H13F3N2OS. The smallest absolute Gasteiger partial charge is 0.380 e. The van der Waals surface area contributed by atoms with Crippen molar-refractivity contribution >= 4 is 11.3 Å². The van der Waals surface area contributed by atoms with Crippen LogP contribution < -0.4 is 5.32 Å². The van der Waals surface area contributed by atoms with Crippen molar-refractivity contribution < 1.29 is 17.9 Å². The molecule has 1 rings (SSSR count). The van der Waals surface area contributed by atoms with Gasteiger partial charge in [0.2, 0.25) is 0 Å². The molecule has 0 saturated carbocycles. The highest BCUT2D eigenvalue weighted by atomic mass is 32.1. The van der Waals surface area contributed by atoms with Crippen molar-refractivity contribution in [2.75, 3.05) is 20.3 Å². The zero-order chi connectivity index (χ0) is 12.2. The van der Waals surface area contributed by atoms with Crippen LogP contribution in [0.15, 0.2) is 6.20 Å². The molecule has 92 valence electrons. The van der Waals surface area contributed by atoms with Crippen molar-refractivity contribution in [3.63, 3.8) is 0 Å². The largest absolute Gasteiger partial charge is 0.443 e. The zero-order valence-electron chi connectivity index (χ0n) is 8.97. The first-order valence-corrected chi connectivity index (χ1v) is 5.58. The third-order valence-electron chi connectivity index (χ3n) is 1.95. The Morgan fingerprint density at radius 1 is 1.56 bits per heavy atom. The fourth-order valence-electron chi connectivity index (χ4n) is 1.12. The van der Waals surface area contributed by atoms with Crippen molar-refractivity contribution in [3.8, 4) is 0 Å². The van der Waals surface area contributed by atoms with Crippen LogP contribution in [0.1, 0.15) is 22.9 Å². The molecule has 1 heterocycles. The molecule has 0 aliphatic carbocycles. The molecule has 0 aliphatic heterocycles. The summed E-state index contributed by atoms with van der Waals surface area (Å²) in [5, 5.41) is 2.08. The summed E-state index contributed by atoms with van der Waals surface area (Å²) < 4.78 is 42.1. The average molecular weight is 254 g/mol. The summed E-state index contributed by atoms with van der Waals surface area (Å²) in [5.41, 5.74) is 0. The number of likely N-dealkylation sites (N-methyl/N-ethyl adjacent to an activating group) is 1. The second-order valence-electron chi connectivity index (χ2n) is 3.07. The number of nitrogens with zero attached hydrogens (tertiary/aromatic N) is 1. The number of rotatable bonds is 5. The van der Waals surface area contributed by atoms with E-state index in [1.54, 1.807) is 7.05 Å². The molecule has 1 N–H and O–H groups in total. The topological polar surface area (TPSA) is 34.1 Å². The molecule has 0 radical (unpaired) electrons. The van der Waals surface area contributed by atoms with Gasteiger partial charge in [-0.2, -0.15) is 13.2 Å². The molecule has 1 aromatic rings. The van der Waals surface area contributed by atoms with Gasteiger partial charge in [0.25, 0.3) is 0 Å². The van der Waals surface area contributed by atoms with E-state index >= 15 is 0 Å². The van der Waals surface area contributed by atoms with Gasteiger partial charge in [0, 0.05) is 17.7 Å². The van der Waals surface area contributed by atoms with Crippen LogP contribution in [0, 0.1) is 0 Å². The summed E-state index contributed by atoms with van der Waals surface area (Å²) in [4.78, 5) is 3.89. The lowest BCUT2D eigenvalue weighted by molar-refractivity contribution is -0.137. The van der Waals surface area contributed by atoms with Crippen molar-refractivity contribution in [1.29, 1.82) is 0 Å². The van der Waals surface area contributed by atoms with Crippen LogP contribution in [0.2, 0.25) is 0 Å². The van der Waals surface area contributed by atoms with E-state index < -0.39 is 11.2 Å². The number of hydrogen-bond acceptors (Lipinski definition) is 4. The fraction of sp³-hybridized carbons (Fsp3) is 0.667. The SMILES string of the molecule is CCOCC(NC)c1cnc(C(F)(F)F)s1. The molecule has 0 aromatic carbocycles. The summed E-state index contributed by atoms with van der Waals surface area (Å²) in [7, 11) is 1.68. The van der Waals surface area contributed by atoms with Gasteiger partial charge < -0.3 is 10.1 Å². The van der Waals surface area contributed by atoms with E-state index in [9.17, 15) is 13.2 Å². The van der Waals surface area contributed by atoms with Gasteiger partial charge in [-0.3, -0.25) is 0 Å². The number of thiazole rings is 1. The van der Waals surface area contributed by atoms with Gasteiger partial charge >= 0.3 is 6.18 Å². The van der Waals surface area contributed by atoms with E-state index in [0.717, 1.165) is 0 Å². The van der Waals surface area contributed by atoms with Gasteiger partial charge in [0.1, 0.15) is 0 Å². The van der Waals surface area contributed by atoms with Crippen molar-refractivity contribution in [3.05, 3.63) is 16.1 Å². The Labute approximate surface area is 95.6 Å². The molecule has 0 fully saturated rings. The monoisotopic (exact) mass is 254 g/mol. The highest BCUT2D eigenvalue weighted by Gasteiger charge is 2.35. The molecule has 0 saturated heterocycles. The second-order valence-corrected chi connectivity index (χ2v) is 4.13. The minimum atomic E-state index is -4.37. The first kappa shape index (κ1) is 13.4. The van der Waals surface area contributed by atoms with Crippen LogP contribution >= 0.6 is 11.3 Å². The average Bonchev–Trinajstić information content (AvgIpc) is 2.68. The van der Waals surface area contributed by atoms with Gasteiger partial charge in [-0.15, -0.1) is 11.3 Å². The van der Waals surface area contributed by atoms with Gasteiger partial charge in [-0.1, -0.05) is 0 Å². The van der Waals surface area contributed by atoms with E-state index in [1.807, 2.05) is 6.92 Å².